The molecule has 0 spiro atoms. The molecule has 3 nitrogen and oxygen atoms in total. The molecule has 0 heterocycles. The van der Waals surface area contributed by atoms with Crippen molar-refractivity contribution in [2.24, 2.45) is 0 Å². The predicted octanol–water partition coefficient (Wildman–Crippen LogP) is 3.58. The third-order valence-electron chi connectivity index (χ3n) is 3.06. The van der Waals surface area contributed by atoms with Gasteiger partial charge in [0, 0.05) is 11.1 Å². The summed E-state index contributed by atoms with van der Waals surface area (Å²) in [6.45, 7) is 5.77. The van der Waals surface area contributed by atoms with E-state index in [4.69, 9.17) is 9.47 Å². The summed E-state index contributed by atoms with van der Waals surface area (Å²) >= 11 is 0. The van der Waals surface area contributed by atoms with Crippen molar-refractivity contribution in [1.82, 2.24) is 0 Å². The van der Waals surface area contributed by atoms with Crippen LogP contribution in [-0.2, 0) is 6.42 Å². The van der Waals surface area contributed by atoms with Crippen molar-refractivity contribution in [1.29, 1.82) is 0 Å². The van der Waals surface area contributed by atoms with Gasteiger partial charge in [-0.05, 0) is 31.9 Å². The molecule has 0 saturated heterocycles. The maximum absolute atomic E-state index is 10.9. The number of ether oxygens (including phenoxy) is 2. The molecule has 0 N–H and O–H groups in total. The summed E-state index contributed by atoms with van der Waals surface area (Å²) in [4.78, 5) is 10.9. The lowest BCUT2D eigenvalue weighted by Gasteiger charge is -2.14. The number of carbonyl (C=O) groups excluding carboxylic acids is 1. The Morgan fingerprint density at radius 2 is 1.84 bits per heavy atom. The van der Waals surface area contributed by atoms with Gasteiger partial charge in [0.05, 0.1) is 14.2 Å². The number of methoxy groups -OCH3 is 2. The van der Waals surface area contributed by atoms with Gasteiger partial charge in [-0.15, -0.1) is 0 Å². The first-order valence-electron chi connectivity index (χ1n) is 6.17. The molecule has 0 saturated carbocycles. The van der Waals surface area contributed by atoms with E-state index in [1.165, 1.54) is 5.57 Å². The van der Waals surface area contributed by atoms with Crippen molar-refractivity contribution in [3.8, 4) is 11.5 Å². The molecule has 1 aromatic carbocycles. The lowest BCUT2D eigenvalue weighted by Crippen LogP contribution is -1.99. The molecule has 0 aliphatic rings. The first-order chi connectivity index (χ1) is 9.19. The van der Waals surface area contributed by atoms with Crippen molar-refractivity contribution in [3.63, 3.8) is 0 Å². The number of carbonyl (C=O) groups is 1. The average Bonchev–Trinajstić information content (AvgIpc) is 2.47. The highest BCUT2D eigenvalue weighted by Crippen LogP contribution is 2.32. The molecule has 0 aromatic heterocycles. The van der Waals surface area contributed by atoms with E-state index in [2.05, 4.69) is 6.58 Å². The van der Waals surface area contributed by atoms with Crippen LogP contribution in [0.5, 0.6) is 11.5 Å². The van der Waals surface area contributed by atoms with Gasteiger partial charge < -0.3 is 9.47 Å². The summed E-state index contributed by atoms with van der Waals surface area (Å²) in [6.07, 6.45) is 6.30. The number of rotatable bonds is 7. The van der Waals surface area contributed by atoms with Gasteiger partial charge in [-0.2, -0.15) is 0 Å². The Balaban J connectivity index is 3.10. The van der Waals surface area contributed by atoms with Crippen LogP contribution in [0.25, 0.3) is 0 Å². The number of benzene rings is 1. The fourth-order valence-corrected chi connectivity index (χ4v) is 1.95. The summed E-state index contributed by atoms with van der Waals surface area (Å²) in [7, 11) is 3.19. The molecule has 0 aliphatic heterocycles. The Labute approximate surface area is 114 Å². The van der Waals surface area contributed by atoms with Gasteiger partial charge in [0.25, 0.3) is 0 Å². The lowest BCUT2D eigenvalue weighted by molar-refractivity contribution is 0.112. The molecule has 1 rings (SSSR count). The fraction of sp³-hybridized carbons (Fsp3) is 0.312. The second kappa shape index (κ2) is 7.41. The van der Waals surface area contributed by atoms with Crippen LogP contribution in [0, 0.1) is 0 Å². The summed E-state index contributed by atoms with van der Waals surface area (Å²) < 4.78 is 10.7. The molecule has 1 aromatic rings. The first kappa shape index (κ1) is 15.0. The van der Waals surface area contributed by atoms with Crippen molar-refractivity contribution in [2.75, 3.05) is 14.2 Å². The van der Waals surface area contributed by atoms with Crippen LogP contribution in [-0.4, -0.2) is 20.5 Å². The van der Waals surface area contributed by atoms with E-state index in [0.717, 1.165) is 24.7 Å². The molecule has 0 aliphatic carbocycles. The Morgan fingerprint density at radius 3 is 2.21 bits per heavy atom. The molecule has 0 amide bonds. The Bertz CT molecular complexity index is 462. The van der Waals surface area contributed by atoms with Gasteiger partial charge in [-0.1, -0.05) is 24.3 Å². The van der Waals surface area contributed by atoms with Crippen LogP contribution in [0.2, 0.25) is 0 Å². The summed E-state index contributed by atoms with van der Waals surface area (Å²) in [5.41, 5.74) is 2.69. The molecule has 0 atom stereocenters. The van der Waals surface area contributed by atoms with Crippen LogP contribution < -0.4 is 9.47 Å². The quantitative estimate of drug-likeness (QED) is 0.555. The van der Waals surface area contributed by atoms with Crippen LogP contribution in [0.15, 0.2) is 36.4 Å². The maximum atomic E-state index is 10.9. The first-order valence-corrected chi connectivity index (χ1v) is 6.17. The average molecular weight is 260 g/mol. The number of aldehydes is 1. The maximum Gasteiger partial charge on any atom is 0.150 e. The van der Waals surface area contributed by atoms with Crippen LogP contribution in [0.1, 0.15) is 29.3 Å². The zero-order chi connectivity index (χ0) is 14.3. The zero-order valence-electron chi connectivity index (χ0n) is 11.7. The fourth-order valence-electron chi connectivity index (χ4n) is 1.95. The number of allylic oxidation sites excluding steroid dienone is 3. The highest BCUT2D eigenvalue weighted by molar-refractivity contribution is 5.77. The summed E-state index contributed by atoms with van der Waals surface area (Å²) in [6, 6.07) is 3.46. The van der Waals surface area contributed by atoms with E-state index in [9.17, 15) is 4.79 Å². The minimum atomic E-state index is 0.549. The van der Waals surface area contributed by atoms with E-state index in [0.29, 0.717) is 17.1 Å². The van der Waals surface area contributed by atoms with E-state index < -0.39 is 0 Å². The minimum Gasteiger partial charge on any atom is -0.496 e. The van der Waals surface area contributed by atoms with Gasteiger partial charge in [-0.3, -0.25) is 4.79 Å². The van der Waals surface area contributed by atoms with E-state index >= 15 is 0 Å². The molecule has 102 valence electrons. The van der Waals surface area contributed by atoms with Gasteiger partial charge in [0.1, 0.15) is 17.8 Å². The normalized spacial score (nSPS) is 11.0. The largest absolute Gasteiger partial charge is 0.496 e. The zero-order valence-corrected chi connectivity index (χ0v) is 11.7. The Morgan fingerprint density at radius 1 is 1.26 bits per heavy atom. The van der Waals surface area contributed by atoms with E-state index in [-0.39, 0.29) is 0 Å². The second-order valence-electron chi connectivity index (χ2n) is 4.09. The molecule has 0 radical (unpaired) electrons. The molecular weight excluding hydrogens is 240 g/mol. The monoisotopic (exact) mass is 260 g/mol. The van der Waals surface area contributed by atoms with E-state index in [1.807, 2.05) is 19.1 Å². The molecule has 0 fully saturated rings. The topological polar surface area (TPSA) is 35.5 Å². The second-order valence-corrected chi connectivity index (χ2v) is 4.09. The van der Waals surface area contributed by atoms with Crippen molar-refractivity contribution >= 4 is 6.29 Å². The van der Waals surface area contributed by atoms with Gasteiger partial charge in [-0.25, -0.2) is 0 Å². The highest BCUT2D eigenvalue weighted by Gasteiger charge is 2.12. The van der Waals surface area contributed by atoms with E-state index in [1.54, 1.807) is 26.4 Å². The molecular formula is C16H20O3. The molecule has 3 heteroatoms. The number of hydrogen-bond donors (Lipinski definition) is 0. The summed E-state index contributed by atoms with van der Waals surface area (Å²) in [5.74, 6) is 1.36. The smallest absolute Gasteiger partial charge is 0.150 e. The number of hydrogen-bond acceptors (Lipinski definition) is 3. The Hall–Kier alpha value is -2.03. The Kier molecular flexibility index (Phi) is 5.86. The summed E-state index contributed by atoms with van der Waals surface area (Å²) in [5, 5.41) is 0. The van der Waals surface area contributed by atoms with Crippen molar-refractivity contribution < 1.29 is 14.3 Å². The third-order valence-corrected chi connectivity index (χ3v) is 3.06. The van der Waals surface area contributed by atoms with Crippen molar-refractivity contribution in [3.05, 3.63) is 47.6 Å². The van der Waals surface area contributed by atoms with Crippen LogP contribution >= 0.6 is 0 Å². The third kappa shape index (κ3) is 3.71. The predicted molar refractivity (Wildman–Crippen MR) is 77.2 cm³/mol. The lowest BCUT2D eigenvalue weighted by atomic mass is 10.0. The van der Waals surface area contributed by atoms with Crippen LogP contribution in [0.3, 0.4) is 0 Å². The SMILES string of the molecule is C=C/C(=C\C)CCc1c(OC)cc(C=O)cc1OC. The highest BCUT2D eigenvalue weighted by atomic mass is 16.5. The van der Waals surface area contributed by atoms with Gasteiger partial charge >= 0.3 is 0 Å². The minimum absolute atomic E-state index is 0.549. The van der Waals surface area contributed by atoms with Crippen molar-refractivity contribution in [2.45, 2.75) is 19.8 Å². The van der Waals surface area contributed by atoms with Crippen LogP contribution in [0.4, 0.5) is 0 Å². The molecule has 0 unspecified atom stereocenters. The molecule has 19 heavy (non-hydrogen) atoms. The van der Waals surface area contributed by atoms with Gasteiger partial charge in [0.15, 0.2) is 0 Å². The van der Waals surface area contributed by atoms with Gasteiger partial charge in [0.2, 0.25) is 0 Å². The standard InChI is InChI=1S/C16H20O3/c1-5-12(6-2)7-8-14-15(18-3)9-13(11-17)10-16(14)19-4/h5-6,9-11H,1,7-8H2,2-4H3/b12-6+. The molecule has 0 bridgehead atoms.